The van der Waals surface area contributed by atoms with E-state index in [0.717, 1.165) is 0 Å². The fourth-order valence-corrected chi connectivity index (χ4v) is 3.21. The van der Waals surface area contributed by atoms with Gasteiger partial charge in [0.25, 0.3) is 11.8 Å². The fourth-order valence-electron chi connectivity index (χ4n) is 3.21. The summed E-state index contributed by atoms with van der Waals surface area (Å²) in [7, 11) is 0. The van der Waals surface area contributed by atoms with Crippen LogP contribution in [0.2, 0.25) is 0 Å². The van der Waals surface area contributed by atoms with Gasteiger partial charge in [-0.2, -0.15) is 13.2 Å². The molecule has 0 radical (unpaired) electrons. The van der Waals surface area contributed by atoms with Crippen LogP contribution in [0.3, 0.4) is 0 Å². The molecule has 2 amide bonds. The number of alkyl halides is 3. The molecule has 1 aliphatic heterocycles. The quantitative estimate of drug-likeness (QED) is 0.741. The predicted octanol–water partition coefficient (Wildman–Crippen LogP) is 3.08. The second-order valence-electron chi connectivity index (χ2n) is 7.42. The van der Waals surface area contributed by atoms with E-state index in [0.29, 0.717) is 37.0 Å². The van der Waals surface area contributed by atoms with Gasteiger partial charge < -0.3 is 15.1 Å². The SMILES string of the molecule is CC(C)NC(=O)c1ccc(N2CCCN(C(=O)c3cc(F)ccc3C(F)(F)F)C2)nn1. The number of amides is 2. The highest BCUT2D eigenvalue weighted by Gasteiger charge is 2.37. The van der Waals surface area contributed by atoms with Gasteiger partial charge in [-0.1, -0.05) is 0 Å². The van der Waals surface area contributed by atoms with Crippen molar-refractivity contribution in [2.24, 2.45) is 0 Å². The molecule has 31 heavy (non-hydrogen) atoms. The summed E-state index contributed by atoms with van der Waals surface area (Å²) in [5, 5.41) is 10.6. The monoisotopic (exact) mass is 439 g/mol. The molecule has 0 spiro atoms. The zero-order valence-electron chi connectivity index (χ0n) is 16.9. The first-order chi connectivity index (χ1) is 14.6. The van der Waals surface area contributed by atoms with Gasteiger partial charge in [0.05, 0.1) is 17.8 Å². The lowest BCUT2D eigenvalue weighted by Crippen LogP contribution is -2.48. The topological polar surface area (TPSA) is 78.4 Å². The molecule has 1 aromatic carbocycles. The predicted molar refractivity (Wildman–Crippen MR) is 104 cm³/mol. The molecule has 1 N–H and O–H groups in total. The van der Waals surface area contributed by atoms with Crippen LogP contribution in [0.25, 0.3) is 0 Å². The van der Waals surface area contributed by atoms with Crippen LogP contribution in [0.4, 0.5) is 23.4 Å². The summed E-state index contributed by atoms with van der Waals surface area (Å²) in [5.41, 5.74) is -1.80. The van der Waals surface area contributed by atoms with Gasteiger partial charge in [0.15, 0.2) is 11.5 Å². The number of nitrogens with one attached hydrogen (secondary N) is 1. The average Bonchev–Trinajstić information content (AvgIpc) is 2.72. The first kappa shape index (κ1) is 22.4. The first-order valence-electron chi connectivity index (χ1n) is 9.62. The van der Waals surface area contributed by atoms with Gasteiger partial charge in [0, 0.05) is 19.1 Å². The maximum Gasteiger partial charge on any atom is 0.417 e. The van der Waals surface area contributed by atoms with Crippen molar-refractivity contribution in [1.29, 1.82) is 0 Å². The van der Waals surface area contributed by atoms with Gasteiger partial charge in [-0.05, 0) is 50.6 Å². The zero-order valence-corrected chi connectivity index (χ0v) is 16.9. The van der Waals surface area contributed by atoms with Crippen molar-refractivity contribution in [2.45, 2.75) is 32.5 Å². The van der Waals surface area contributed by atoms with Crippen LogP contribution in [-0.2, 0) is 6.18 Å². The number of nitrogens with zero attached hydrogens (tertiary/aromatic N) is 4. The molecule has 2 aromatic rings. The number of halogens is 4. The van der Waals surface area contributed by atoms with Gasteiger partial charge in [0.2, 0.25) is 0 Å². The van der Waals surface area contributed by atoms with Crippen molar-refractivity contribution in [3.63, 3.8) is 0 Å². The number of carbonyl (C=O) groups excluding carboxylic acids is 2. The number of hydrogen-bond acceptors (Lipinski definition) is 5. The Kier molecular flexibility index (Phi) is 6.42. The maximum absolute atomic E-state index is 13.6. The molecule has 1 saturated heterocycles. The normalized spacial score (nSPS) is 14.7. The molecule has 1 aliphatic rings. The third-order valence-electron chi connectivity index (χ3n) is 4.63. The lowest BCUT2D eigenvalue weighted by atomic mass is 10.0. The van der Waals surface area contributed by atoms with E-state index in [1.807, 2.05) is 13.8 Å². The molecule has 0 atom stereocenters. The minimum atomic E-state index is -4.79. The summed E-state index contributed by atoms with van der Waals surface area (Å²) in [5.74, 6) is -1.85. The summed E-state index contributed by atoms with van der Waals surface area (Å²) in [4.78, 5) is 27.6. The Hall–Kier alpha value is -3.24. The highest BCUT2D eigenvalue weighted by molar-refractivity contribution is 5.96. The second-order valence-corrected chi connectivity index (χ2v) is 7.42. The Bertz CT molecular complexity index is 963. The summed E-state index contributed by atoms with van der Waals surface area (Å²) in [6, 6.07) is 4.81. The number of rotatable bonds is 4. The molecule has 1 aromatic heterocycles. The molecular formula is C20H21F4N5O2. The molecule has 0 unspecified atom stereocenters. The maximum atomic E-state index is 13.6. The van der Waals surface area contributed by atoms with Crippen LogP contribution < -0.4 is 10.2 Å². The summed E-state index contributed by atoms with van der Waals surface area (Å²) >= 11 is 0. The van der Waals surface area contributed by atoms with Gasteiger partial charge in [-0.3, -0.25) is 9.59 Å². The number of anilines is 1. The van der Waals surface area contributed by atoms with E-state index in [1.54, 1.807) is 11.0 Å². The van der Waals surface area contributed by atoms with Crippen molar-refractivity contribution in [2.75, 3.05) is 24.7 Å². The molecule has 2 heterocycles. The molecule has 0 saturated carbocycles. The number of carbonyl (C=O) groups is 2. The number of aromatic nitrogens is 2. The molecule has 3 rings (SSSR count). The molecule has 0 aliphatic carbocycles. The molecule has 7 nitrogen and oxygen atoms in total. The van der Waals surface area contributed by atoms with Crippen LogP contribution in [0.5, 0.6) is 0 Å². The van der Waals surface area contributed by atoms with Crippen molar-refractivity contribution >= 4 is 17.6 Å². The number of benzene rings is 1. The van der Waals surface area contributed by atoms with Gasteiger partial charge in [-0.15, -0.1) is 10.2 Å². The summed E-state index contributed by atoms with van der Waals surface area (Å²) < 4.78 is 53.4. The summed E-state index contributed by atoms with van der Waals surface area (Å²) in [6.07, 6.45) is -4.31. The van der Waals surface area contributed by atoms with Gasteiger partial charge in [-0.25, -0.2) is 4.39 Å². The smallest absolute Gasteiger partial charge is 0.348 e. The van der Waals surface area contributed by atoms with Crippen LogP contribution in [0, 0.1) is 5.82 Å². The standard InChI is InChI=1S/C20H21F4N5O2/c1-12(2)25-18(30)16-6-7-17(27-26-16)28-8-3-9-29(11-28)19(31)14-10-13(21)4-5-15(14)20(22,23)24/h4-7,10,12H,3,8-9,11H2,1-2H3,(H,25,30). The van der Waals surface area contributed by atoms with E-state index >= 15 is 0 Å². The van der Waals surface area contributed by atoms with Crippen molar-refractivity contribution in [3.05, 3.63) is 53.0 Å². The van der Waals surface area contributed by atoms with Crippen LogP contribution >= 0.6 is 0 Å². The van der Waals surface area contributed by atoms with E-state index in [-0.39, 0.29) is 30.9 Å². The second kappa shape index (κ2) is 8.86. The van der Waals surface area contributed by atoms with E-state index in [9.17, 15) is 27.2 Å². The van der Waals surface area contributed by atoms with E-state index in [1.165, 1.54) is 11.0 Å². The summed E-state index contributed by atoms with van der Waals surface area (Å²) in [6.45, 7) is 4.28. The highest BCUT2D eigenvalue weighted by Crippen LogP contribution is 2.33. The minimum Gasteiger partial charge on any atom is -0.348 e. The molecule has 166 valence electrons. The fraction of sp³-hybridized carbons (Fsp3) is 0.400. The van der Waals surface area contributed by atoms with Crippen molar-refractivity contribution in [3.8, 4) is 0 Å². The Morgan fingerprint density at radius 3 is 2.45 bits per heavy atom. The average molecular weight is 439 g/mol. The van der Waals surface area contributed by atoms with E-state index in [4.69, 9.17) is 0 Å². The highest BCUT2D eigenvalue weighted by atomic mass is 19.4. The Balaban J connectivity index is 1.78. The van der Waals surface area contributed by atoms with Crippen LogP contribution in [0.15, 0.2) is 30.3 Å². The first-order valence-corrected chi connectivity index (χ1v) is 9.62. The zero-order chi connectivity index (χ0) is 22.8. The van der Waals surface area contributed by atoms with E-state index < -0.39 is 29.0 Å². The Labute approximate surface area is 176 Å². The number of hydrogen-bond donors (Lipinski definition) is 1. The molecule has 0 bridgehead atoms. The molecule has 1 fully saturated rings. The molecule has 11 heteroatoms. The lowest BCUT2D eigenvalue weighted by molar-refractivity contribution is -0.138. The van der Waals surface area contributed by atoms with Crippen molar-refractivity contribution in [1.82, 2.24) is 20.4 Å². The van der Waals surface area contributed by atoms with Gasteiger partial charge >= 0.3 is 6.18 Å². The van der Waals surface area contributed by atoms with Crippen molar-refractivity contribution < 1.29 is 27.2 Å². The van der Waals surface area contributed by atoms with Gasteiger partial charge in [0.1, 0.15) is 5.82 Å². The van der Waals surface area contributed by atoms with Crippen LogP contribution in [0.1, 0.15) is 46.7 Å². The van der Waals surface area contributed by atoms with Crippen LogP contribution in [-0.4, -0.2) is 52.7 Å². The Morgan fingerprint density at radius 1 is 1.10 bits per heavy atom. The third kappa shape index (κ3) is 5.28. The Morgan fingerprint density at radius 2 is 1.84 bits per heavy atom. The largest absolute Gasteiger partial charge is 0.417 e. The minimum absolute atomic E-state index is 0.0428. The lowest BCUT2D eigenvalue weighted by Gasteiger charge is -2.36. The van der Waals surface area contributed by atoms with E-state index in [2.05, 4.69) is 15.5 Å². The molecular weight excluding hydrogens is 418 g/mol. The third-order valence-corrected chi connectivity index (χ3v) is 4.63.